The minimum Gasteiger partial charge on any atom is -0.494 e. The second-order valence-electron chi connectivity index (χ2n) is 8.17. The van der Waals surface area contributed by atoms with Crippen molar-refractivity contribution in [2.24, 2.45) is 0 Å². The summed E-state index contributed by atoms with van der Waals surface area (Å²) in [7, 11) is -4.00. The third-order valence-electron chi connectivity index (χ3n) is 5.46. The Morgan fingerprint density at radius 3 is 2.08 bits per heavy atom. The molecule has 0 unspecified atom stereocenters. The molecule has 4 rings (SSSR count). The van der Waals surface area contributed by atoms with Gasteiger partial charge in [-0.05, 0) is 67.4 Å². The lowest BCUT2D eigenvalue weighted by molar-refractivity contribution is -0.117. The number of hydrogen-bond acceptors (Lipinski definition) is 5. The second-order valence-corrected chi connectivity index (χ2v) is 9.88. The molecule has 2 N–H and O–H groups in total. The predicted molar refractivity (Wildman–Crippen MR) is 143 cm³/mol. The van der Waals surface area contributed by atoms with E-state index >= 15 is 0 Å². The Morgan fingerprint density at radius 1 is 0.784 bits per heavy atom. The highest BCUT2D eigenvalue weighted by Crippen LogP contribution is 2.29. The first kappa shape index (κ1) is 25.9. The number of sulfonamides is 1. The van der Waals surface area contributed by atoms with Gasteiger partial charge in [0, 0.05) is 0 Å². The first-order chi connectivity index (χ1) is 17.9. The molecule has 0 aliphatic heterocycles. The lowest BCUT2D eigenvalue weighted by Gasteiger charge is -2.20. The fourth-order valence-electron chi connectivity index (χ4n) is 3.67. The largest absolute Gasteiger partial charge is 0.494 e. The molecular formula is C29H28N2O5S. The van der Waals surface area contributed by atoms with Crippen LogP contribution in [0.25, 0.3) is 0 Å². The number of benzene rings is 4. The Labute approximate surface area is 217 Å². The molecule has 37 heavy (non-hydrogen) atoms. The maximum absolute atomic E-state index is 13.5. The monoisotopic (exact) mass is 516 g/mol. The first-order valence-electron chi connectivity index (χ1n) is 11.9. The van der Waals surface area contributed by atoms with Gasteiger partial charge in [-0.25, -0.2) is 8.42 Å². The Kier molecular flexibility index (Phi) is 8.56. The molecule has 1 amide bonds. The van der Waals surface area contributed by atoms with Crippen LogP contribution in [-0.2, 0) is 21.2 Å². The Hall–Kier alpha value is -4.14. The second kappa shape index (κ2) is 12.2. The number of rotatable bonds is 11. The van der Waals surface area contributed by atoms with Crippen LogP contribution in [0.3, 0.4) is 0 Å². The number of ether oxygens (including phenoxy) is 2. The third kappa shape index (κ3) is 7.19. The SMILES string of the molecule is CCOc1ccc(S(=O)(=O)N[C@H](Cc2ccccc2)C(=O)Nc2ccccc2Oc2ccccc2)cc1. The lowest BCUT2D eigenvalue weighted by atomic mass is 10.1. The fourth-order valence-corrected chi connectivity index (χ4v) is 4.86. The summed E-state index contributed by atoms with van der Waals surface area (Å²) in [4.78, 5) is 13.5. The molecule has 0 aliphatic rings. The van der Waals surface area contributed by atoms with Crippen molar-refractivity contribution in [1.29, 1.82) is 0 Å². The van der Waals surface area contributed by atoms with Gasteiger partial charge in [0.05, 0.1) is 17.2 Å². The average molecular weight is 517 g/mol. The maximum Gasteiger partial charge on any atom is 0.243 e. The van der Waals surface area contributed by atoms with Gasteiger partial charge in [0.15, 0.2) is 5.75 Å². The summed E-state index contributed by atoms with van der Waals surface area (Å²) >= 11 is 0. The van der Waals surface area contributed by atoms with Crippen molar-refractivity contribution < 1.29 is 22.7 Å². The van der Waals surface area contributed by atoms with Crippen LogP contribution in [0.5, 0.6) is 17.2 Å². The number of carbonyl (C=O) groups is 1. The van der Waals surface area contributed by atoms with Crippen LogP contribution in [-0.4, -0.2) is 27.0 Å². The van der Waals surface area contributed by atoms with E-state index in [2.05, 4.69) is 10.0 Å². The van der Waals surface area contributed by atoms with Crippen LogP contribution in [0.15, 0.2) is 114 Å². The molecule has 0 spiro atoms. The number of para-hydroxylation sites is 3. The van der Waals surface area contributed by atoms with Crippen molar-refractivity contribution in [2.45, 2.75) is 24.3 Å². The number of hydrogen-bond donors (Lipinski definition) is 2. The van der Waals surface area contributed by atoms with Gasteiger partial charge in [-0.3, -0.25) is 4.79 Å². The van der Waals surface area contributed by atoms with Gasteiger partial charge < -0.3 is 14.8 Å². The van der Waals surface area contributed by atoms with Crippen LogP contribution in [0.4, 0.5) is 5.69 Å². The molecule has 190 valence electrons. The van der Waals surface area contributed by atoms with E-state index in [4.69, 9.17) is 9.47 Å². The van der Waals surface area contributed by atoms with E-state index in [0.717, 1.165) is 5.56 Å². The maximum atomic E-state index is 13.5. The number of amides is 1. The standard InChI is InChI=1S/C29H28N2O5S/c1-2-35-23-17-19-25(20-18-23)37(33,34)31-27(21-22-11-5-3-6-12-22)29(32)30-26-15-9-10-16-28(26)36-24-13-7-4-8-14-24/h3-20,27,31H,2,21H2,1H3,(H,30,32)/t27-/m1/s1. The van der Waals surface area contributed by atoms with Crippen LogP contribution in [0, 0.1) is 0 Å². The molecule has 0 saturated heterocycles. The highest BCUT2D eigenvalue weighted by Gasteiger charge is 2.27. The number of anilines is 1. The summed E-state index contributed by atoms with van der Waals surface area (Å²) in [6.07, 6.45) is 0.157. The number of carbonyl (C=O) groups excluding carboxylic acids is 1. The van der Waals surface area contributed by atoms with E-state index < -0.39 is 22.0 Å². The minimum absolute atomic E-state index is 0.0367. The zero-order valence-corrected chi connectivity index (χ0v) is 21.1. The van der Waals surface area contributed by atoms with Crippen LogP contribution in [0.2, 0.25) is 0 Å². The van der Waals surface area contributed by atoms with E-state index in [-0.39, 0.29) is 11.3 Å². The quantitative estimate of drug-likeness (QED) is 0.278. The smallest absolute Gasteiger partial charge is 0.243 e. The summed E-state index contributed by atoms with van der Waals surface area (Å²) in [5.41, 5.74) is 1.24. The Balaban J connectivity index is 1.57. The molecule has 0 heterocycles. The van der Waals surface area contributed by atoms with Crippen molar-refractivity contribution in [1.82, 2.24) is 4.72 Å². The summed E-state index contributed by atoms with van der Waals surface area (Å²) in [6, 6.07) is 30.4. The normalized spacial score (nSPS) is 11.9. The van der Waals surface area contributed by atoms with Crippen molar-refractivity contribution >= 4 is 21.6 Å². The van der Waals surface area contributed by atoms with Crippen LogP contribution in [0.1, 0.15) is 12.5 Å². The lowest BCUT2D eigenvalue weighted by Crippen LogP contribution is -2.45. The van der Waals surface area contributed by atoms with Crippen molar-refractivity contribution in [3.8, 4) is 17.2 Å². The molecular weight excluding hydrogens is 488 g/mol. The predicted octanol–water partition coefficient (Wildman–Crippen LogP) is 5.41. The molecule has 4 aromatic rings. The fraction of sp³-hybridized carbons (Fsp3) is 0.138. The molecule has 0 aromatic heterocycles. The van der Waals surface area contributed by atoms with Crippen molar-refractivity contribution in [3.63, 3.8) is 0 Å². The van der Waals surface area contributed by atoms with Gasteiger partial charge in [-0.1, -0.05) is 60.7 Å². The van der Waals surface area contributed by atoms with E-state index in [1.165, 1.54) is 12.1 Å². The highest BCUT2D eigenvalue weighted by molar-refractivity contribution is 7.89. The van der Waals surface area contributed by atoms with Gasteiger partial charge in [0.1, 0.15) is 17.5 Å². The van der Waals surface area contributed by atoms with Gasteiger partial charge in [-0.15, -0.1) is 0 Å². The molecule has 0 saturated carbocycles. The van der Waals surface area contributed by atoms with Crippen molar-refractivity contribution in [3.05, 3.63) is 115 Å². The minimum atomic E-state index is -4.00. The van der Waals surface area contributed by atoms with Crippen molar-refractivity contribution in [2.75, 3.05) is 11.9 Å². The topological polar surface area (TPSA) is 93.7 Å². The van der Waals surface area contributed by atoms with E-state index in [1.807, 2.05) is 67.6 Å². The van der Waals surface area contributed by atoms with Gasteiger partial charge >= 0.3 is 0 Å². The zero-order valence-electron chi connectivity index (χ0n) is 20.3. The molecule has 1 atom stereocenters. The molecule has 4 aromatic carbocycles. The Morgan fingerprint density at radius 2 is 1.41 bits per heavy atom. The van der Waals surface area contributed by atoms with Gasteiger partial charge in [0.2, 0.25) is 15.9 Å². The molecule has 0 aliphatic carbocycles. The summed E-state index contributed by atoms with van der Waals surface area (Å²) in [5.74, 6) is 1.11. The van der Waals surface area contributed by atoms with Crippen LogP contribution < -0.4 is 19.5 Å². The molecule has 0 fully saturated rings. The average Bonchev–Trinajstić information content (AvgIpc) is 2.91. The van der Waals surface area contributed by atoms with E-state index in [0.29, 0.717) is 29.5 Å². The molecule has 0 bridgehead atoms. The highest BCUT2D eigenvalue weighted by atomic mass is 32.2. The zero-order chi connectivity index (χ0) is 26.1. The van der Waals surface area contributed by atoms with E-state index in [9.17, 15) is 13.2 Å². The third-order valence-corrected chi connectivity index (χ3v) is 6.95. The molecule has 7 nitrogen and oxygen atoms in total. The van der Waals surface area contributed by atoms with Gasteiger partial charge in [0.25, 0.3) is 0 Å². The summed E-state index contributed by atoms with van der Waals surface area (Å²) in [5, 5.41) is 2.84. The molecule has 0 radical (unpaired) electrons. The molecule has 8 heteroatoms. The van der Waals surface area contributed by atoms with Gasteiger partial charge in [-0.2, -0.15) is 4.72 Å². The summed E-state index contributed by atoms with van der Waals surface area (Å²) < 4.78 is 40.3. The summed E-state index contributed by atoms with van der Waals surface area (Å²) in [6.45, 7) is 2.32. The Bertz CT molecular complexity index is 1410. The van der Waals surface area contributed by atoms with Crippen LogP contribution >= 0.6 is 0 Å². The number of nitrogens with one attached hydrogen (secondary N) is 2. The van der Waals surface area contributed by atoms with E-state index in [1.54, 1.807) is 36.4 Å². The first-order valence-corrected chi connectivity index (χ1v) is 13.3.